The van der Waals surface area contributed by atoms with Crippen molar-refractivity contribution < 1.29 is 9.00 Å². The predicted molar refractivity (Wildman–Crippen MR) is 70.4 cm³/mol. The summed E-state index contributed by atoms with van der Waals surface area (Å²) in [6, 6.07) is 0. The Hall–Kier alpha value is -0.220. The van der Waals surface area contributed by atoms with E-state index in [9.17, 15) is 9.00 Å². The second-order valence-electron chi connectivity index (χ2n) is 5.81. The lowest BCUT2D eigenvalue weighted by Crippen LogP contribution is -2.46. The summed E-state index contributed by atoms with van der Waals surface area (Å²) < 4.78 is 11.3. The van der Waals surface area contributed by atoms with Crippen LogP contribution in [0.2, 0.25) is 0 Å². The monoisotopic (exact) mass is 257 g/mol. The van der Waals surface area contributed by atoms with E-state index in [4.69, 9.17) is 0 Å². The van der Waals surface area contributed by atoms with Gasteiger partial charge in [0.15, 0.2) is 0 Å². The fraction of sp³-hybridized carbons (Fsp3) is 0.923. The highest BCUT2D eigenvalue weighted by atomic mass is 32.2. The third-order valence-corrected chi connectivity index (χ3v) is 5.46. The fourth-order valence-electron chi connectivity index (χ4n) is 3.27. The topological polar surface area (TPSA) is 37.4 Å². The quantitative estimate of drug-likeness (QED) is 0.718. The highest BCUT2D eigenvalue weighted by molar-refractivity contribution is 7.85. The minimum Gasteiger partial charge on any atom is -0.303 e. The molecule has 0 aromatic rings. The van der Waals surface area contributed by atoms with E-state index < -0.39 is 10.8 Å². The van der Waals surface area contributed by atoms with Gasteiger partial charge in [0.1, 0.15) is 6.29 Å². The molecule has 2 rings (SSSR count). The molecule has 0 N–H and O–H groups in total. The second-order valence-corrected chi connectivity index (χ2v) is 7.50. The maximum Gasteiger partial charge on any atom is 0.127 e. The Kier molecular flexibility index (Phi) is 4.36. The maximum atomic E-state index is 11.5. The van der Waals surface area contributed by atoms with Crippen molar-refractivity contribution in [1.29, 1.82) is 0 Å². The second kappa shape index (κ2) is 5.61. The number of aldehydes is 1. The number of hydrogen-bond donors (Lipinski definition) is 0. The first-order chi connectivity index (χ1) is 8.13. The minimum atomic E-state index is -0.620. The molecule has 0 aromatic carbocycles. The van der Waals surface area contributed by atoms with E-state index in [2.05, 4.69) is 11.8 Å². The van der Waals surface area contributed by atoms with Gasteiger partial charge in [-0.1, -0.05) is 19.8 Å². The molecule has 2 atom stereocenters. The Morgan fingerprint density at radius 2 is 2.12 bits per heavy atom. The van der Waals surface area contributed by atoms with Crippen LogP contribution in [0.4, 0.5) is 0 Å². The molecule has 0 radical (unpaired) electrons. The first-order valence-electron chi connectivity index (χ1n) is 6.67. The molecule has 2 unspecified atom stereocenters. The van der Waals surface area contributed by atoms with Crippen LogP contribution in [0.25, 0.3) is 0 Å². The van der Waals surface area contributed by atoms with Crippen LogP contribution in [0.1, 0.15) is 32.6 Å². The lowest BCUT2D eigenvalue weighted by molar-refractivity contribution is -0.120. The van der Waals surface area contributed by atoms with E-state index in [0.29, 0.717) is 5.92 Å². The largest absolute Gasteiger partial charge is 0.303 e. The summed E-state index contributed by atoms with van der Waals surface area (Å²) in [5.41, 5.74) is -0.115. The Morgan fingerprint density at radius 1 is 1.41 bits per heavy atom. The van der Waals surface area contributed by atoms with Crippen molar-refractivity contribution in [3.05, 3.63) is 0 Å². The number of rotatable bonds is 3. The van der Waals surface area contributed by atoms with Crippen LogP contribution in [0.15, 0.2) is 0 Å². The third kappa shape index (κ3) is 3.38. The SMILES string of the molecule is CC1CCCC(C=O)(CN2CCS(=O)CC2)C1. The molecular formula is C13H23NO2S. The summed E-state index contributed by atoms with van der Waals surface area (Å²) in [6.45, 7) is 4.94. The van der Waals surface area contributed by atoms with Gasteiger partial charge in [0.25, 0.3) is 0 Å². The van der Waals surface area contributed by atoms with Gasteiger partial charge in [0, 0.05) is 47.4 Å². The van der Waals surface area contributed by atoms with Crippen molar-refractivity contribution in [2.75, 3.05) is 31.1 Å². The van der Waals surface area contributed by atoms with Crippen LogP contribution in [0.3, 0.4) is 0 Å². The molecule has 1 saturated carbocycles. The fourth-order valence-corrected chi connectivity index (χ4v) is 4.40. The van der Waals surface area contributed by atoms with Crippen LogP contribution in [-0.4, -0.2) is 46.5 Å². The van der Waals surface area contributed by atoms with E-state index in [1.54, 1.807) is 0 Å². The minimum absolute atomic E-state index is 0.115. The Labute approximate surface area is 106 Å². The third-order valence-electron chi connectivity index (χ3n) is 4.19. The number of carbonyl (C=O) groups excluding carboxylic acids is 1. The molecule has 4 heteroatoms. The van der Waals surface area contributed by atoms with Crippen LogP contribution < -0.4 is 0 Å². The summed E-state index contributed by atoms with van der Waals surface area (Å²) in [5.74, 6) is 2.24. The molecule has 2 aliphatic rings. The van der Waals surface area contributed by atoms with Gasteiger partial charge in [0.05, 0.1) is 0 Å². The Balaban J connectivity index is 1.94. The van der Waals surface area contributed by atoms with Crippen molar-refractivity contribution in [1.82, 2.24) is 4.90 Å². The molecule has 0 spiro atoms. The van der Waals surface area contributed by atoms with Gasteiger partial charge < -0.3 is 9.69 Å². The summed E-state index contributed by atoms with van der Waals surface area (Å²) in [5, 5.41) is 0. The molecule has 0 bridgehead atoms. The summed E-state index contributed by atoms with van der Waals surface area (Å²) >= 11 is 0. The summed E-state index contributed by atoms with van der Waals surface area (Å²) in [6.07, 6.45) is 5.73. The predicted octanol–water partition coefficient (Wildman–Crippen LogP) is 1.45. The first kappa shape index (κ1) is 13.2. The maximum absolute atomic E-state index is 11.5. The molecule has 1 aliphatic carbocycles. The van der Waals surface area contributed by atoms with Crippen molar-refractivity contribution >= 4 is 17.1 Å². The molecule has 1 aliphatic heterocycles. The summed E-state index contributed by atoms with van der Waals surface area (Å²) in [4.78, 5) is 13.8. The van der Waals surface area contributed by atoms with Gasteiger partial charge in [-0.25, -0.2) is 0 Å². The van der Waals surface area contributed by atoms with E-state index >= 15 is 0 Å². The lowest BCUT2D eigenvalue weighted by Gasteiger charge is -2.40. The first-order valence-corrected chi connectivity index (χ1v) is 8.16. The van der Waals surface area contributed by atoms with E-state index in [1.807, 2.05) is 0 Å². The van der Waals surface area contributed by atoms with Crippen LogP contribution >= 0.6 is 0 Å². The molecule has 1 saturated heterocycles. The Morgan fingerprint density at radius 3 is 2.71 bits per heavy atom. The number of carbonyl (C=O) groups is 1. The van der Waals surface area contributed by atoms with Gasteiger partial charge in [-0.3, -0.25) is 4.21 Å². The molecule has 3 nitrogen and oxygen atoms in total. The average Bonchev–Trinajstić information content (AvgIpc) is 2.32. The van der Waals surface area contributed by atoms with Crippen LogP contribution in [0, 0.1) is 11.3 Å². The molecule has 98 valence electrons. The normalized spacial score (nSPS) is 36.9. The molecule has 1 heterocycles. The zero-order valence-corrected chi connectivity index (χ0v) is 11.5. The van der Waals surface area contributed by atoms with Gasteiger partial charge in [-0.15, -0.1) is 0 Å². The molecule has 0 amide bonds. The van der Waals surface area contributed by atoms with E-state index in [1.165, 1.54) is 19.1 Å². The molecular weight excluding hydrogens is 234 g/mol. The zero-order chi connectivity index (χ0) is 12.3. The summed E-state index contributed by atoms with van der Waals surface area (Å²) in [7, 11) is -0.620. The average molecular weight is 257 g/mol. The van der Waals surface area contributed by atoms with Crippen molar-refractivity contribution in [3.63, 3.8) is 0 Å². The zero-order valence-electron chi connectivity index (χ0n) is 10.7. The van der Waals surface area contributed by atoms with Gasteiger partial charge in [0.2, 0.25) is 0 Å². The molecule has 2 fully saturated rings. The molecule has 0 aromatic heterocycles. The standard InChI is InChI=1S/C13H23NO2S/c1-12-3-2-4-13(9-12,11-15)10-14-5-7-17(16)8-6-14/h11-12H,2-10H2,1H3. The van der Waals surface area contributed by atoms with Crippen molar-refractivity contribution in [2.24, 2.45) is 11.3 Å². The smallest absolute Gasteiger partial charge is 0.127 e. The molecule has 17 heavy (non-hydrogen) atoms. The van der Waals surface area contributed by atoms with Crippen molar-refractivity contribution in [2.45, 2.75) is 32.6 Å². The van der Waals surface area contributed by atoms with Crippen molar-refractivity contribution in [3.8, 4) is 0 Å². The lowest BCUT2D eigenvalue weighted by atomic mass is 9.70. The van der Waals surface area contributed by atoms with Gasteiger partial charge in [-0.2, -0.15) is 0 Å². The van der Waals surface area contributed by atoms with E-state index in [-0.39, 0.29) is 5.41 Å². The Bertz CT molecular complexity index is 298. The van der Waals surface area contributed by atoms with Gasteiger partial charge in [-0.05, 0) is 18.8 Å². The van der Waals surface area contributed by atoms with Crippen LogP contribution in [0.5, 0.6) is 0 Å². The van der Waals surface area contributed by atoms with Crippen LogP contribution in [-0.2, 0) is 15.6 Å². The number of hydrogen-bond acceptors (Lipinski definition) is 3. The van der Waals surface area contributed by atoms with Gasteiger partial charge >= 0.3 is 0 Å². The highest BCUT2D eigenvalue weighted by Gasteiger charge is 2.36. The number of nitrogens with zero attached hydrogens (tertiary/aromatic N) is 1. The van der Waals surface area contributed by atoms with E-state index in [0.717, 1.165) is 44.0 Å². The highest BCUT2D eigenvalue weighted by Crippen LogP contribution is 2.38.